The van der Waals surface area contributed by atoms with Crippen molar-refractivity contribution in [2.45, 2.75) is 13.8 Å². The molecular formula is C11H10N3OY-. The molecule has 0 bridgehead atoms. The topological polar surface area (TPSA) is 58.9 Å². The van der Waals surface area contributed by atoms with Gasteiger partial charge in [0.1, 0.15) is 5.75 Å². The molecule has 0 spiro atoms. The van der Waals surface area contributed by atoms with E-state index in [1.54, 1.807) is 19.1 Å². The first-order valence-corrected chi connectivity index (χ1v) is 4.55. The van der Waals surface area contributed by atoms with Crippen LogP contribution in [0.4, 0.5) is 0 Å². The summed E-state index contributed by atoms with van der Waals surface area (Å²) in [5.41, 5.74) is 1.59. The maximum absolute atomic E-state index is 9.72. The van der Waals surface area contributed by atoms with Gasteiger partial charge in [-0.05, 0) is 18.6 Å². The molecule has 5 heteroatoms. The van der Waals surface area contributed by atoms with Crippen LogP contribution in [0, 0.1) is 20.2 Å². The maximum atomic E-state index is 9.72. The van der Waals surface area contributed by atoms with Crippen LogP contribution in [0.25, 0.3) is 11.4 Å². The van der Waals surface area contributed by atoms with Crippen LogP contribution >= 0.6 is 0 Å². The summed E-state index contributed by atoms with van der Waals surface area (Å²) >= 11 is 0. The molecule has 1 radical (unpaired) electrons. The third-order valence-corrected chi connectivity index (χ3v) is 2.03. The number of aromatic hydroxyl groups is 1. The molecule has 0 amide bonds. The molecule has 0 aliphatic rings. The Hall–Kier alpha value is -0.866. The molecule has 0 aliphatic carbocycles. The van der Waals surface area contributed by atoms with E-state index < -0.39 is 0 Å². The van der Waals surface area contributed by atoms with Crippen LogP contribution in [0.1, 0.15) is 11.4 Å². The molecule has 0 saturated carbocycles. The fourth-order valence-corrected chi connectivity index (χ4v) is 1.30. The van der Waals surface area contributed by atoms with Crippen molar-refractivity contribution >= 4 is 0 Å². The number of rotatable bonds is 1. The van der Waals surface area contributed by atoms with Gasteiger partial charge in [-0.2, -0.15) is 0 Å². The van der Waals surface area contributed by atoms with Gasteiger partial charge in [0.2, 0.25) is 0 Å². The first-order valence-electron chi connectivity index (χ1n) is 4.55. The maximum Gasteiger partial charge on any atom is 0.114 e. The van der Waals surface area contributed by atoms with Gasteiger partial charge < -0.3 is 20.1 Å². The standard InChI is InChI=1S/C11H10N3O.Y/c1-7-3-4-9(10(15)5-7)11-13-6-12-8(2)14-11;/h3-5,15H,1-2H3;/q-1;. The summed E-state index contributed by atoms with van der Waals surface area (Å²) in [5.74, 6) is 1.20. The van der Waals surface area contributed by atoms with Crippen molar-refractivity contribution in [2.24, 2.45) is 0 Å². The van der Waals surface area contributed by atoms with Gasteiger partial charge in [0.15, 0.2) is 0 Å². The molecule has 1 N–H and O–H groups in total. The first-order chi connectivity index (χ1) is 7.16. The molecule has 1 heterocycles. The minimum absolute atomic E-state index is 0. The molecule has 1 aromatic carbocycles. The molecule has 0 atom stereocenters. The minimum Gasteiger partial charge on any atom is -0.508 e. The quantitative estimate of drug-likeness (QED) is 0.811. The van der Waals surface area contributed by atoms with E-state index in [-0.39, 0.29) is 38.5 Å². The SMILES string of the molecule is Cc1ccc(-c2n[c-]nc(C)n2)c(O)c1.[Y]. The third kappa shape index (κ3) is 2.83. The Morgan fingerprint density at radius 1 is 1.19 bits per heavy atom. The van der Waals surface area contributed by atoms with Crippen molar-refractivity contribution in [3.63, 3.8) is 0 Å². The zero-order chi connectivity index (χ0) is 10.8. The number of nitrogens with zero attached hydrogens (tertiary/aromatic N) is 3. The van der Waals surface area contributed by atoms with Gasteiger partial charge in [-0.1, -0.05) is 19.1 Å². The van der Waals surface area contributed by atoms with E-state index in [0.29, 0.717) is 17.2 Å². The van der Waals surface area contributed by atoms with Gasteiger partial charge in [0.05, 0.1) is 5.82 Å². The summed E-state index contributed by atoms with van der Waals surface area (Å²) in [5, 5.41) is 9.72. The predicted molar refractivity (Wildman–Crippen MR) is 55.2 cm³/mol. The van der Waals surface area contributed by atoms with E-state index in [2.05, 4.69) is 21.3 Å². The van der Waals surface area contributed by atoms with E-state index >= 15 is 0 Å². The Morgan fingerprint density at radius 3 is 2.56 bits per heavy atom. The van der Waals surface area contributed by atoms with Gasteiger partial charge in [-0.15, -0.1) is 0 Å². The monoisotopic (exact) mass is 289 g/mol. The first kappa shape index (κ1) is 13.2. The van der Waals surface area contributed by atoms with Crippen molar-refractivity contribution in [3.8, 4) is 17.1 Å². The molecule has 79 valence electrons. The van der Waals surface area contributed by atoms with Crippen LogP contribution in [-0.4, -0.2) is 20.1 Å². The average molecular weight is 289 g/mol. The van der Waals surface area contributed by atoms with Crippen molar-refractivity contribution < 1.29 is 37.8 Å². The summed E-state index contributed by atoms with van der Waals surface area (Å²) in [6.07, 6.45) is 2.50. The van der Waals surface area contributed by atoms with E-state index in [0.717, 1.165) is 5.56 Å². The molecule has 4 nitrogen and oxygen atoms in total. The third-order valence-electron chi connectivity index (χ3n) is 2.03. The molecule has 0 aliphatic heterocycles. The van der Waals surface area contributed by atoms with Crippen LogP contribution in [0.3, 0.4) is 0 Å². The van der Waals surface area contributed by atoms with Gasteiger partial charge in [0.25, 0.3) is 0 Å². The van der Waals surface area contributed by atoms with Gasteiger partial charge in [-0.3, -0.25) is 0 Å². The van der Waals surface area contributed by atoms with E-state index in [9.17, 15) is 5.11 Å². The number of hydrogen-bond acceptors (Lipinski definition) is 4. The molecular weight excluding hydrogens is 279 g/mol. The van der Waals surface area contributed by atoms with Crippen molar-refractivity contribution in [1.29, 1.82) is 0 Å². The number of hydrogen-bond donors (Lipinski definition) is 1. The van der Waals surface area contributed by atoms with Crippen LogP contribution in [0.15, 0.2) is 18.2 Å². The minimum atomic E-state index is 0. The summed E-state index contributed by atoms with van der Waals surface area (Å²) in [6.45, 7) is 3.67. The van der Waals surface area contributed by atoms with E-state index in [1.165, 1.54) is 0 Å². The summed E-state index contributed by atoms with van der Waals surface area (Å²) in [7, 11) is 0. The van der Waals surface area contributed by atoms with E-state index in [4.69, 9.17) is 0 Å². The Balaban J connectivity index is 0.00000128. The Bertz CT molecular complexity index is 502. The fraction of sp³-hybridized carbons (Fsp3) is 0.182. The van der Waals surface area contributed by atoms with Gasteiger partial charge >= 0.3 is 0 Å². The second-order valence-corrected chi connectivity index (χ2v) is 3.33. The number of phenolic OH excluding ortho intramolecular Hbond substituents is 1. The number of aromatic nitrogens is 3. The molecule has 2 rings (SSSR count). The number of phenols is 1. The largest absolute Gasteiger partial charge is 0.508 e. The zero-order valence-electron chi connectivity index (χ0n) is 9.10. The second kappa shape index (κ2) is 5.46. The van der Waals surface area contributed by atoms with Crippen molar-refractivity contribution in [3.05, 3.63) is 35.9 Å². The molecule has 0 unspecified atom stereocenters. The molecule has 1 aromatic heterocycles. The molecule has 0 saturated heterocycles. The summed E-state index contributed by atoms with van der Waals surface area (Å²) < 4.78 is 0. The van der Waals surface area contributed by atoms with Crippen LogP contribution < -0.4 is 0 Å². The average Bonchev–Trinajstić information content (AvgIpc) is 2.17. The molecule has 16 heavy (non-hydrogen) atoms. The Labute approximate surface area is 119 Å². The van der Waals surface area contributed by atoms with Gasteiger partial charge in [0, 0.05) is 50.4 Å². The van der Waals surface area contributed by atoms with Crippen LogP contribution in [0.5, 0.6) is 5.75 Å². The van der Waals surface area contributed by atoms with Crippen molar-refractivity contribution in [2.75, 3.05) is 0 Å². The number of benzene rings is 1. The Morgan fingerprint density at radius 2 is 1.94 bits per heavy atom. The van der Waals surface area contributed by atoms with Crippen molar-refractivity contribution in [1.82, 2.24) is 15.0 Å². The molecule has 0 fully saturated rings. The molecule has 2 aromatic rings. The van der Waals surface area contributed by atoms with Gasteiger partial charge in [-0.25, -0.2) is 0 Å². The fourth-order valence-electron chi connectivity index (χ4n) is 1.30. The Kier molecular flexibility index (Phi) is 4.50. The smallest absolute Gasteiger partial charge is 0.114 e. The summed E-state index contributed by atoms with van der Waals surface area (Å²) in [4.78, 5) is 11.8. The van der Waals surface area contributed by atoms with E-state index in [1.807, 2.05) is 13.0 Å². The number of aryl methyl sites for hydroxylation is 2. The predicted octanol–water partition coefficient (Wildman–Crippen LogP) is 1.66. The normalized spacial score (nSPS) is 9.62. The van der Waals surface area contributed by atoms with Crippen LogP contribution in [0.2, 0.25) is 0 Å². The zero-order valence-corrected chi connectivity index (χ0v) is 11.9. The summed E-state index contributed by atoms with van der Waals surface area (Å²) in [6, 6.07) is 5.36. The second-order valence-electron chi connectivity index (χ2n) is 3.33. The van der Waals surface area contributed by atoms with Crippen LogP contribution in [-0.2, 0) is 32.7 Å².